The summed E-state index contributed by atoms with van der Waals surface area (Å²) in [6.45, 7) is 2.53. The Kier molecular flexibility index (Phi) is 6.16. The molecular formula is C14H21BrN3O2+. The van der Waals surface area contributed by atoms with Gasteiger partial charge >= 0.3 is 0 Å². The highest BCUT2D eigenvalue weighted by molar-refractivity contribution is 9.10. The molecule has 1 atom stereocenters. The van der Waals surface area contributed by atoms with Crippen LogP contribution in [0.1, 0.15) is 5.56 Å². The van der Waals surface area contributed by atoms with Crippen molar-refractivity contribution in [1.82, 2.24) is 4.90 Å². The number of hydrogen-bond acceptors (Lipinski definition) is 2. The largest absolute Gasteiger partial charge is 0.344 e. The van der Waals surface area contributed by atoms with Gasteiger partial charge in [0.1, 0.15) is 0 Å². The van der Waals surface area contributed by atoms with Gasteiger partial charge in [0.15, 0.2) is 13.1 Å². The summed E-state index contributed by atoms with van der Waals surface area (Å²) in [7, 11) is 5.24. The third-order valence-electron chi connectivity index (χ3n) is 2.86. The highest BCUT2D eigenvalue weighted by Crippen LogP contribution is 2.19. The minimum atomic E-state index is -0.101. The lowest BCUT2D eigenvalue weighted by molar-refractivity contribution is -0.862. The summed E-state index contributed by atoms with van der Waals surface area (Å²) in [5, 5.41) is 2.84. The van der Waals surface area contributed by atoms with E-state index in [1.165, 1.54) is 4.90 Å². The second kappa shape index (κ2) is 7.40. The third-order valence-corrected chi connectivity index (χ3v) is 3.75. The fourth-order valence-corrected chi connectivity index (χ4v) is 1.93. The number of benzene rings is 1. The molecule has 0 heterocycles. The molecule has 0 saturated heterocycles. The molecule has 0 aromatic heterocycles. The molecule has 1 aromatic carbocycles. The first kappa shape index (κ1) is 16.7. The Bertz CT molecular complexity index is 503. The summed E-state index contributed by atoms with van der Waals surface area (Å²) < 4.78 is 1.01. The molecule has 2 N–H and O–H groups in total. The summed E-state index contributed by atoms with van der Waals surface area (Å²) >= 11 is 3.42. The van der Waals surface area contributed by atoms with Crippen LogP contribution in [0.4, 0.5) is 5.69 Å². The predicted octanol–water partition coefficient (Wildman–Crippen LogP) is 0.299. The lowest BCUT2D eigenvalue weighted by Crippen LogP contribution is -3.11. The maximum absolute atomic E-state index is 11.9. The van der Waals surface area contributed by atoms with Gasteiger partial charge < -0.3 is 15.1 Å². The van der Waals surface area contributed by atoms with E-state index in [-0.39, 0.29) is 18.4 Å². The first-order valence-electron chi connectivity index (χ1n) is 6.37. The quantitative estimate of drug-likeness (QED) is 0.808. The van der Waals surface area contributed by atoms with Crippen molar-refractivity contribution >= 4 is 33.4 Å². The van der Waals surface area contributed by atoms with E-state index in [4.69, 9.17) is 0 Å². The van der Waals surface area contributed by atoms with E-state index in [1.807, 2.05) is 32.2 Å². The molecule has 0 aliphatic heterocycles. The predicted molar refractivity (Wildman–Crippen MR) is 82.8 cm³/mol. The number of halogens is 1. The normalized spacial score (nSPS) is 11.8. The summed E-state index contributed by atoms with van der Waals surface area (Å²) in [6, 6.07) is 5.65. The van der Waals surface area contributed by atoms with Gasteiger partial charge in [-0.25, -0.2) is 0 Å². The number of amides is 2. The number of quaternary nitrogens is 1. The van der Waals surface area contributed by atoms with E-state index in [1.54, 1.807) is 14.1 Å². The van der Waals surface area contributed by atoms with Gasteiger partial charge in [-0.05, 0) is 30.7 Å². The van der Waals surface area contributed by atoms with Crippen LogP contribution in [0.25, 0.3) is 0 Å². The van der Waals surface area contributed by atoms with Crippen molar-refractivity contribution < 1.29 is 14.5 Å². The lowest BCUT2D eigenvalue weighted by atomic mass is 10.2. The molecule has 6 heteroatoms. The van der Waals surface area contributed by atoms with E-state index >= 15 is 0 Å². The zero-order valence-corrected chi connectivity index (χ0v) is 13.9. The molecule has 1 unspecified atom stereocenters. The summed E-state index contributed by atoms with van der Waals surface area (Å²) in [5.41, 5.74) is 1.83. The summed E-state index contributed by atoms with van der Waals surface area (Å²) in [5.74, 6) is -0.0921. The van der Waals surface area contributed by atoms with Crippen molar-refractivity contribution in [3.05, 3.63) is 28.2 Å². The van der Waals surface area contributed by atoms with Crippen LogP contribution < -0.4 is 10.2 Å². The number of hydrogen-bond donors (Lipinski definition) is 2. The van der Waals surface area contributed by atoms with Gasteiger partial charge in [0.2, 0.25) is 0 Å². The number of anilines is 1. The topological polar surface area (TPSA) is 53.9 Å². The number of aryl methyl sites for hydroxylation is 1. The van der Waals surface area contributed by atoms with Crippen LogP contribution >= 0.6 is 15.9 Å². The average Bonchev–Trinajstić information content (AvgIpc) is 2.33. The molecule has 0 aliphatic carbocycles. The van der Waals surface area contributed by atoms with Crippen molar-refractivity contribution in [3.8, 4) is 0 Å². The fraction of sp³-hybridized carbons (Fsp3) is 0.429. The Hall–Kier alpha value is -1.40. The molecule has 2 amide bonds. The smallest absolute Gasteiger partial charge is 0.279 e. The van der Waals surface area contributed by atoms with Gasteiger partial charge in [0, 0.05) is 24.3 Å². The highest BCUT2D eigenvalue weighted by atomic mass is 79.9. The molecule has 110 valence electrons. The maximum atomic E-state index is 11.9. The average molecular weight is 343 g/mol. The Balaban J connectivity index is 2.50. The third kappa shape index (κ3) is 5.30. The molecule has 0 radical (unpaired) electrons. The second-order valence-electron chi connectivity index (χ2n) is 5.11. The Labute approximate surface area is 128 Å². The molecule has 1 aromatic rings. The van der Waals surface area contributed by atoms with Crippen LogP contribution in [0.3, 0.4) is 0 Å². The Morgan fingerprint density at radius 1 is 1.30 bits per heavy atom. The van der Waals surface area contributed by atoms with Crippen LogP contribution in [0.15, 0.2) is 22.7 Å². The molecule has 1 rings (SSSR count). The number of nitrogens with one attached hydrogen (secondary N) is 2. The minimum Gasteiger partial charge on any atom is -0.344 e. The number of carbonyl (C=O) groups is 2. The van der Waals surface area contributed by atoms with Crippen LogP contribution in [0.2, 0.25) is 0 Å². The van der Waals surface area contributed by atoms with E-state index in [2.05, 4.69) is 21.2 Å². The number of nitrogens with zero attached hydrogens (tertiary/aromatic N) is 1. The van der Waals surface area contributed by atoms with E-state index < -0.39 is 0 Å². The molecular weight excluding hydrogens is 322 g/mol. The molecule has 0 bridgehead atoms. The molecule has 5 nitrogen and oxygen atoms in total. The number of likely N-dealkylation sites (N-methyl/N-ethyl adjacent to an activating group) is 2. The highest BCUT2D eigenvalue weighted by Gasteiger charge is 2.15. The van der Waals surface area contributed by atoms with Crippen LogP contribution in [0, 0.1) is 6.92 Å². The summed E-state index contributed by atoms with van der Waals surface area (Å²) in [4.78, 5) is 25.8. The summed E-state index contributed by atoms with van der Waals surface area (Å²) in [6.07, 6.45) is 0. The fourth-order valence-electron chi connectivity index (χ4n) is 1.68. The van der Waals surface area contributed by atoms with E-state index in [0.29, 0.717) is 6.54 Å². The van der Waals surface area contributed by atoms with Gasteiger partial charge in [-0.2, -0.15) is 0 Å². The molecule has 0 spiro atoms. The van der Waals surface area contributed by atoms with Crippen LogP contribution in [0.5, 0.6) is 0 Å². The van der Waals surface area contributed by atoms with Gasteiger partial charge in [-0.15, -0.1) is 0 Å². The van der Waals surface area contributed by atoms with Gasteiger partial charge in [-0.1, -0.05) is 15.9 Å². The lowest BCUT2D eigenvalue weighted by Gasteiger charge is -2.16. The van der Waals surface area contributed by atoms with Crippen molar-refractivity contribution in [2.24, 2.45) is 0 Å². The van der Waals surface area contributed by atoms with Gasteiger partial charge in [0.05, 0.1) is 7.05 Å². The SMILES string of the molecule is Cc1cc(NC(=O)C[NH+](C)CC(=O)N(C)C)ccc1Br. The Morgan fingerprint density at radius 3 is 2.50 bits per heavy atom. The van der Waals surface area contributed by atoms with E-state index in [9.17, 15) is 9.59 Å². The van der Waals surface area contributed by atoms with Crippen molar-refractivity contribution in [2.75, 3.05) is 39.5 Å². The van der Waals surface area contributed by atoms with Gasteiger partial charge in [-0.3, -0.25) is 9.59 Å². The monoisotopic (exact) mass is 342 g/mol. The number of rotatable bonds is 5. The minimum absolute atomic E-state index is 0.00906. The standard InChI is InChI=1S/C14H20BrN3O2/c1-10-7-11(5-6-12(10)15)16-13(19)8-18(4)9-14(20)17(2)3/h5-7H,8-9H2,1-4H3,(H,16,19)/p+1. The second-order valence-corrected chi connectivity index (χ2v) is 5.97. The van der Waals surface area contributed by atoms with Crippen molar-refractivity contribution in [1.29, 1.82) is 0 Å². The molecule has 0 fully saturated rings. The Morgan fingerprint density at radius 2 is 1.95 bits per heavy atom. The molecule has 0 aliphatic rings. The van der Waals surface area contributed by atoms with Crippen LogP contribution in [-0.4, -0.2) is 50.9 Å². The van der Waals surface area contributed by atoms with Crippen molar-refractivity contribution in [3.63, 3.8) is 0 Å². The van der Waals surface area contributed by atoms with E-state index in [0.717, 1.165) is 20.6 Å². The molecule has 0 saturated carbocycles. The zero-order chi connectivity index (χ0) is 15.3. The molecule has 20 heavy (non-hydrogen) atoms. The van der Waals surface area contributed by atoms with Crippen LogP contribution in [-0.2, 0) is 9.59 Å². The maximum Gasteiger partial charge on any atom is 0.279 e. The van der Waals surface area contributed by atoms with Gasteiger partial charge in [0.25, 0.3) is 11.8 Å². The zero-order valence-electron chi connectivity index (χ0n) is 12.3. The first-order chi connectivity index (χ1) is 9.29. The van der Waals surface area contributed by atoms with Crippen molar-refractivity contribution in [2.45, 2.75) is 6.92 Å². The first-order valence-corrected chi connectivity index (χ1v) is 7.16. The number of carbonyl (C=O) groups excluding carboxylic acids is 2.